The first-order chi connectivity index (χ1) is 7.11. The molecule has 0 aromatic heterocycles. The average Bonchev–Trinajstić information content (AvgIpc) is 2.63. The molecule has 1 aliphatic rings. The maximum atomic E-state index is 2.35. The van der Waals surface area contributed by atoms with Crippen molar-refractivity contribution in [1.29, 1.82) is 0 Å². The molecule has 0 saturated carbocycles. The van der Waals surface area contributed by atoms with Crippen LogP contribution in [0.3, 0.4) is 0 Å². The number of thioether (sulfide) groups is 1. The molecule has 0 saturated heterocycles. The molecule has 0 bridgehead atoms. The van der Waals surface area contributed by atoms with Gasteiger partial charge in [-0.3, -0.25) is 0 Å². The van der Waals surface area contributed by atoms with Crippen molar-refractivity contribution < 1.29 is 0 Å². The van der Waals surface area contributed by atoms with Crippen molar-refractivity contribution in [3.8, 4) is 0 Å². The highest BCUT2D eigenvalue weighted by Gasteiger charge is 2.20. The highest BCUT2D eigenvalue weighted by Crippen LogP contribution is 2.39. The lowest BCUT2D eigenvalue weighted by atomic mass is 9.88. The molecule has 0 aliphatic carbocycles. The van der Waals surface area contributed by atoms with E-state index in [1.807, 2.05) is 0 Å². The highest BCUT2D eigenvalue weighted by atomic mass is 32.2. The molecule has 0 unspecified atom stereocenters. The van der Waals surface area contributed by atoms with Crippen LogP contribution in [-0.2, 0) is 11.5 Å². The second-order valence-corrected chi connectivity index (χ2v) is 5.99. The fourth-order valence-corrected chi connectivity index (χ4v) is 3.60. The number of hydrogen-bond acceptors (Lipinski definition) is 1. The fourth-order valence-electron chi connectivity index (χ4n) is 2.41. The lowest BCUT2D eigenvalue weighted by Gasteiger charge is -2.17. The second-order valence-electron chi connectivity index (χ2n) is 5.00. The van der Waals surface area contributed by atoms with Gasteiger partial charge in [0, 0.05) is 11.5 Å². The molecule has 0 spiro atoms. The van der Waals surface area contributed by atoms with E-state index in [0.29, 0.717) is 11.8 Å². The first kappa shape index (κ1) is 11.1. The Labute approximate surface area is 97.5 Å². The third-order valence-electron chi connectivity index (χ3n) is 3.24. The maximum absolute atomic E-state index is 2.35. The van der Waals surface area contributed by atoms with Crippen LogP contribution in [0.1, 0.15) is 61.8 Å². The van der Waals surface area contributed by atoms with E-state index < -0.39 is 0 Å². The van der Waals surface area contributed by atoms with Gasteiger partial charge in [0.2, 0.25) is 0 Å². The summed E-state index contributed by atoms with van der Waals surface area (Å²) in [7, 11) is 0. The minimum Gasteiger partial charge on any atom is -0.152 e. The van der Waals surface area contributed by atoms with Gasteiger partial charge in [0.05, 0.1) is 0 Å². The molecule has 1 heteroatoms. The average molecular weight is 220 g/mol. The molecule has 0 nitrogen and oxygen atoms in total. The van der Waals surface area contributed by atoms with Gasteiger partial charge >= 0.3 is 0 Å². The van der Waals surface area contributed by atoms with Crippen LogP contribution in [0.15, 0.2) is 12.1 Å². The summed E-state index contributed by atoms with van der Waals surface area (Å²) in [4.78, 5) is 0. The molecule has 2 rings (SSSR count). The van der Waals surface area contributed by atoms with Crippen molar-refractivity contribution in [2.24, 2.45) is 0 Å². The molecule has 82 valence electrons. The summed E-state index contributed by atoms with van der Waals surface area (Å²) in [5, 5.41) is 0. The molecule has 0 fully saturated rings. The SMILES string of the molecule is CC(C)c1ccc(C(C)C)c2c1CSC2. The summed E-state index contributed by atoms with van der Waals surface area (Å²) in [6, 6.07) is 4.70. The van der Waals surface area contributed by atoms with E-state index in [1.54, 1.807) is 22.3 Å². The quantitative estimate of drug-likeness (QED) is 0.697. The molecule has 0 amide bonds. The van der Waals surface area contributed by atoms with Crippen molar-refractivity contribution in [2.75, 3.05) is 0 Å². The summed E-state index contributed by atoms with van der Waals surface area (Å²) in [6.07, 6.45) is 0. The molecule has 0 N–H and O–H groups in total. The van der Waals surface area contributed by atoms with Crippen LogP contribution in [0.5, 0.6) is 0 Å². The number of rotatable bonds is 2. The van der Waals surface area contributed by atoms with Crippen LogP contribution >= 0.6 is 11.8 Å². The van der Waals surface area contributed by atoms with Crippen molar-refractivity contribution >= 4 is 11.8 Å². The molecule has 15 heavy (non-hydrogen) atoms. The lowest BCUT2D eigenvalue weighted by molar-refractivity contribution is 0.826. The Morgan fingerprint density at radius 3 is 1.60 bits per heavy atom. The van der Waals surface area contributed by atoms with Gasteiger partial charge < -0.3 is 0 Å². The van der Waals surface area contributed by atoms with E-state index >= 15 is 0 Å². The molecule has 1 aromatic rings. The Morgan fingerprint density at radius 2 is 1.27 bits per heavy atom. The van der Waals surface area contributed by atoms with Gasteiger partial charge in [0.15, 0.2) is 0 Å². The van der Waals surface area contributed by atoms with Gasteiger partial charge in [0.25, 0.3) is 0 Å². The highest BCUT2D eigenvalue weighted by molar-refractivity contribution is 7.98. The van der Waals surface area contributed by atoms with E-state index in [2.05, 4.69) is 51.6 Å². The van der Waals surface area contributed by atoms with Crippen LogP contribution in [0, 0.1) is 0 Å². The first-order valence-corrected chi connectivity index (χ1v) is 6.99. The molecule has 0 atom stereocenters. The van der Waals surface area contributed by atoms with Gasteiger partial charge in [-0.2, -0.15) is 11.8 Å². The second kappa shape index (κ2) is 4.21. The van der Waals surface area contributed by atoms with Crippen molar-refractivity contribution in [1.82, 2.24) is 0 Å². The van der Waals surface area contributed by atoms with Gasteiger partial charge in [0.1, 0.15) is 0 Å². The molecule has 1 heterocycles. The van der Waals surface area contributed by atoms with E-state index in [4.69, 9.17) is 0 Å². The molecule has 1 aliphatic heterocycles. The van der Waals surface area contributed by atoms with Crippen LogP contribution in [-0.4, -0.2) is 0 Å². The Kier molecular flexibility index (Phi) is 3.11. The zero-order valence-electron chi connectivity index (χ0n) is 10.1. The smallest absolute Gasteiger partial charge is 0.0193 e. The summed E-state index contributed by atoms with van der Waals surface area (Å²) in [5.41, 5.74) is 6.42. The summed E-state index contributed by atoms with van der Waals surface area (Å²) in [6.45, 7) is 9.20. The van der Waals surface area contributed by atoms with Gasteiger partial charge in [-0.15, -0.1) is 0 Å². The van der Waals surface area contributed by atoms with Crippen LogP contribution in [0.4, 0.5) is 0 Å². The third-order valence-corrected chi connectivity index (χ3v) is 4.23. The van der Waals surface area contributed by atoms with Gasteiger partial charge in [-0.25, -0.2) is 0 Å². The molecular formula is C14H20S. The summed E-state index contributed by atoms with van der Waals surface area (Å²) < 4.78 is 0. The lowest BCUT2D eigenvalue weighted by Crippen LogP contribution is -2.01. The predicted octanol–water partition coefficient (Wildman–Crippen LogP) is 4.68. The van der Waals surface area contributed by atoms with Crippen LogP contribution in [0.2, 0.25) is 0 Å². The Balaban J connectivity index is 2.54. The molecular weight excluding hydrogens is 200 g/mol. The third kappa shape index (κ3) is 1.94. The Hall–Kier alpha value is -0.430. The Morgan fingerprint density at radius 1 is 0.867 bits per heavy atom. The number of hydrogen-bond donors (Lipinski definition) is 0. The minimum absolute atomic E-state index is 0.665. The van der Waals surface area contributed by atoms with Gasteiger partial charge in [-0.1, -0.05) is 39.8 Å². The normalized spacial score (nSPS) is 15.1. The van der Waals surface area contributed by atoms with Crippen molar-refractivity contribution in [3.63, 3.8) is 0 Å². The standard InChI is InChI=1S/C14H20S/c1-9(2)11-5-6-12(10(3)4)14-8-15-7-13(11)14/h5-6,9-10H,7-8H2,1-4H3. The van der Waals surface area contributed by atoms with E-state index in [-0.39, 0.29) is 0 Å². The van der Waals surface area contributed by atoms with Gasteiger partial charge in [-0.05, 0) is 34.1 Å². The van der Waals surface area contributed by atoms with E-state index in [9.17, 15) is 0 Å². The number of benzene rings is 1. The fraction of sp³-hybridized carbons (Fsp3) is 0.571. The largest absolute Gasteiger partial charge is 0.152 e. The Bertz CT molecular complexity index is 329. The van der Waals surface area contributed by atoms with E-state index in [0.717, 1.165) is 0 Å². The monoisotopic (exact) mass is 220 g/mol. The zero-order valence-corrected chi connectivity index (χ0v) is 10.9. The van der Waals surface area contributed by atoms with Crippen LogP contribution < -0.4 is 0 Å². The summed E-state index contributed by atoms with van der Waals surface area (Å²) in [5.74, 6) is 3.78. The van der Waals surface area contributed by atoms with E-state index in [1.165, 1.54) is 11.5 Å². The zero-order chi connectivity index (χ0) is 11.0. The first-order valence-electron chi connectivity index (χ1n) is 5.83. The minimum atomic E-state index is 0.665. The maximum Gasteiger partial charge on any atom is 0.0193 e. The van der Waals surface area contributed by atoms with Crippen molar-refractivity contribution in [2.45, 2.75) is 51.0 Å². The number of fused-ring (bicyclic) bond motifs is 1. The predicted molar refractivity (Wildman–Crippen MR) is 69.6 cm³/mol. The van der Waals surface area contributed by atoms with Crippen molar-refractivity contribution in [3.05, 3.63) is 34.4 Å². The summed E-state index contributed by atoms with van der Waals surface area (Å²) >= 11 is 2.07. The topological polar surface area (TPSA) is 0 Å². The molecule has 1 aromatic carbocycles. The van der Waals surface area contributed by atoms with Crippen LogP contribution in [0.25, 0.3) is 0 Å². The molecule has 0 radical (unpaired) electrons.